The molecule has 0 amide bonds. The predicted molar refractivity (Wildman–Crippen MR) is 126 cm³/mol. The third-order valence-electron chi connectivity index (χ3n) is 6.09. The minimum absolute atomic E-state index is 0.117. The first-order valence-electron chi connectivity index (χ1n) is 11.0. The van der Waals surface area contributed by atoms with E-state index in [0.717, 1.165) is 12.1 Å². The monoisotopic (exact) mass is 428 g/mol. The van der Waals surface area contributed by atoms with Crippen molar-refractivity contribution in [2.45, 2.75) is 31.8 Å². The molecule has 1 aliphatic heterocycles. The van der Waals surface area contributed by atoms with Crippen LogP contribution in [0.3, 0.4) is 0 Å². The van der Waals surface area contributed by atoms with E-state index in [-0.39, 0.29) is 18.0 Å². The Bertz CT molecular complexity index is 1040. The largest absolute Gasteiger partial charge is 0.540 e. The summed E-state index contributed by atoms with van der Waals surface area (Å²) in [5.41, 5.74) is 3.31. The summed E-state index contributed by atoms with van der Waals surface area (Å²) in [7, 11) is 2.17. The van der Waals surface area contributed by atoms with Crippen molar-refractivity contribution >= 4 is 11.9 Å². The van der Waals surface area contributed by atoms with Crippen molar-refractivity contribution < 1.29 is 14.4 Å². The van der Waals surface area contributed by atoms with Gasteiger partial charge in [-0.25, -0.2) is 4.79 Å². The van der Waals surface area contributed by atoms with Crippen LogP contribution in [0.15, 0.2) is 96.2 Å². The summed E-state index contributed by atoms with van der Waals surface area (Å²) in [5, 5.41) is 4.33. The molecule has 3 aromatic rings. The van der Waals surface area contributed by atoms with Crippen LogP contribution in [0.1, 0.15) is 43.0 Å². The first-order chi connectivity index (χ1) is 15.7. The Morgan fingerprint density at radius 3 is 2.06 bits per heavy atom. The summed E-state index contributed by atoms with van der Waals surface area (Å²) in [5.74, 6) is 0.546. The van der Waals surface area contributed by atoms with E-state index in [1.165, 1.54) is 11.1 Å². The number of piperidine rings is 1. The van der Waals surface area contributed by atoms with Gasteiger partial charge >= 0.3 is 6.16 Å². The highest BCUT2D eigenvalue weighted by atomic mass is 16.8. The van der Waals surface area contributed by atoms with E-state index in [4.69, 9.17) is 9.57 Å². The van der Waals surface area contributed by atoms with Gasteiger partial charge in [-0.2, -0.15) is 0 Å². The molecule has 1 saturated heterocycles. The van der Waals surface area contributed by atoms with Crippen LogP contribution < -0.4 is 4.74 Å². The molecule has 0 saturated carbocycles. The Morgan fingerprint density at radius 2 is 1.47 bits per heavy atom. The van der Waals surface area contributed by atoms with Crippen molar-refractivity contribution in [3.05, 3.63) is 102 Å². The summed E-state index contributed by atoms with van der Waals surface area (Å²) in [6.45, 7) is 2.15. The molecular formula is C27H28N2O3. The van der Waals surface area contributed by atoms with Crippen molar-refractivity contribution in [3.63, 3.8) is 0 Å². The number of nitrogens with zero attached hydrogens (tertiary/aromatic N) is 2. The molecule has 164 valence electrons. The van der Waals surface area contributed by atoms with E-state index >= 15 is 0 Å². The number of benzene rings is 3. The lowest BCUT2D eigenvalue weighted by molar-refractivity contribution is 0.0926. The molecule has 0 aliphatic carbocycles. The van der Waals surface area contributed by atoms with E-state index in [2.05, 4.69) is 72.6 Å². The predicted octanol–water partition coefficient (Wildman–Crippen LogP) is 6.40. The highest BCUT2D eigenvalue weighted by molar-refractivity contribution is 5.89. The lowest BCUT2D eigenvalue weighted by Gasteiger charge is -2.45. The fraction of sp³-hybridized carbons (Fsp3) is 0.259. The quantitative estimate of drug-likeness (QED) is 0.204. The maximum Gasteiger partial charge on any atom is 0.540 e. The number of ether oxygens (including phenoxy) is 1. The van der Waals surface area contributed by atoms with Gasteiger partial charge in [0, 0.05) is 24.4 Å². The van der Waals surface area contributed by atoms with Gasteiger partial charge in [0.1, 0.15) is 5.75 Å². The molecular weight excluding hydrogens is 400 g/mol. The smallest absolute Gasteiger partial charge is 0.393 e. The Morgan fingerprint density at radius 1 is 0.906 bits per heavy atom. The van der Waals surface area contributed by atoms with Crippen LogP contribution in [0, 0.1) is 5.92 Å². The van der Waals surface area contributed by atoms with Crippen LogP contribution in [0.2, 0.25) is 0 Å². The zero-order valence-corrected chi connectivity index (χ0v) is 18.4. The molecule has 3 aromatic carbocycles. The minimum Gasteiger partial charge on any atom is -0.393 e. The Kier molecular flexibility index (Phi) is 6.97. The number of likely N-dealkylation sites (tertiary alicyclic amines) is 1. The number of para-hydroxylation sites is 1. The van der Waals surface area contributed by atoms with E-state index in [9.17, 15) is 4.79 Å². The molecule has 5 nitrogen and oxygen atoms in total. The highest BCUT2D eigenvalue weighted by Gasteiger charge is 2.40. The molecule has 1 fully saturated rings. The minimum atomic E-state index is -0.829. The fourth-order valence-electron chi connectivity index (χ4n) is 4.56. The lowest BCUT2D eigenvalue weighted by Crippen LogP contribution is -2.43. The first kappa shape index (κ1) is 21.8. The van der Waals surface area contributed by atoms with Crippen LogP contribution in [-0.2, 0) is 4.84 Å². The summed E-state index contributed by atoms with van der Waals surface area (Å²) in [6, 6.07) is 30.0. The number of hydrogen-bond donors (Lipinski definition) is 0. The van der Waals surface area contributed by atoms with Gasteiger partial charge < -0.3 is 4.74 Å². The summed E-state index contributed by atoms with van der Waals surface area (Å²) in [4.78, 5) is 19.9. The Balaban J connectivity index is 1.63. The van der Waals surface area contributed by atoms with Gasteiger partial charge in [-0.15, -0.1) is 0 Å². The third-order valence-corrected chi connectivity index (χ3v) is 6.09. The second-order valence-electron chi connectivity index (χ2n) is 8.01. The molecule has 0 radical (unpaired) electrons. The van der Waals surface area contributed by atoms with Gasteiger partial charge in [-0.3, -0.25) is 9.74 Å². The van der Waals surface area contributed by atoms with Crippen molar-refractivity contribution in [2.75, 3.05) is 7.05 Å². The van der Waals surface area contributed by atoms with Gasteiger partial charge in [0.2, 0.25) is 0 Å². The second kappa shape index (κ2) is 10.2. The highest BCUT2D eigenvalue weighted by Crippen LogP contribution is 2.43. The van der Waals surface area contributed by atoms with Crippen molar-refractivity contribution in [1.82, 2.24) is 4.90 Å². The fourth-order valence-corrected chi connectivity index (χ4v) is 4.56. The molecule has 0 aromatic heterocycles. The summed E-state index contributed by atoms with van der Waals surface area (Å²) in [6.07, 6.45) is 0.729. The molecule has 0 bridgehead atoms. The topological polar surface area (TPSA) is 51.1 Å². The van der Waals surface area contributed by atoms with E-state index in [1.807, 2.05) is 18.2 Å². The third kappa shape index (κ3) is 4.89. The molecule has 1 heterocycles. The lowest BCUT2D eigenvalue weighted by atomic mass is 9.77. The molecule has 1 aliphatic rings. The van der Waals surface area contributed by atoms with Gasteiger partial charge in [0.05, 0.1) is 5.71 Å². The molecule has 5 heteroatoms. The average Bonchev–Trinajstić information content (AvgIpc) is 2.84. The SMILES string of the molecule is CCC1/C(=N/OC(=O)Oc2ccccc2)CC(c2ccccc2)N(C)C1c1ccccc1. The Labute approximate surface area is 189 Å². The van der Waals surface area contributed by atoms with Crippen LogP contribution in [0.25, 0.3) is 0 Å². The van der Waals surface area contributed by atoms with Gasteiger partial charge in [0.15, 0.2) is 0 Å². The number of carbonyl (C=O) groups is 1. The molecule has 3 unspecified atom stereocenters. The normalized spacial score (nSPS) is 22.4. The molecule has 0 spiro atoms. The van der Waals surface area contributed by atoms with Crippen molar-refractivity contribution in [3.8, 4) is 5.75 Å². The van der Waals surface area contributed by atoms with E-state index in [1.54, 1.807) is 24.3 Å². The van der Waals surface area contributed by atoms with Gasteiger partial charge in [0.25, 0.3) is 0 Å². The molecule has 0 N–H and O–H groups in total. The Hall–Kier alpha value is -3.44. The number of rotatable bonds is 5. The number of oxime groups is 1. The van der Waals surface area contributed by atoms with Crippen molar-refractivity contribution in [2.24, 2.45) is 11.1 Å². The molecule has 4 rings (SSSR count). The summed E-state index contributed by atoms with van der Waals surface area (Å²) >= 11 is 0. The van der Waals surface area contributed by atoms with E-state index < -0.39 is 6.16 Å². The first-order valence-corrected chi connectivity index (χ1v) is 11.0. The maximum absolute atomic E-state index is 12.3. The number of hydrogen-bond acceptors (Lipinski definition) is 5. The van der Waals surface area contributed by atoms with Crippen LogP contribution >= 0.6 is 0 Å². The van der Waals surface area contributed by atoms with Crippen molar-refractivity contribution in [1.29, 1.82) is 0 Å². The van der Waals surface area contributed by atoms with Gasteiger partial charge in [-0.1, -0.05) is 90.9 Å². The molecule has 3 atom stereocenters. The standard InChI is InChI=1S/C27H28N2O3/c1-3-23-24(28-32-27(30)31-22-17-11-6-12-18-22)19-25(20-13-7-4-8-14-20)29(2)26(23)21-15-9-5-10-16-21/h4-18,23,25-26H,3,19H2,1-2H3/b28-24+. The maximum atomic E-state index is 12.3. The van der Waals surface area contributed by atoms with Crippen LogP contribution in [-0.4, -0.2) is 23.8 Å². The zero-order chi connectivity index (χ0) is 22.3. The average molecular weight is 429 g/mol. The second-order valence-corrected chi connectivity index (χ2v) is 8.01. The van der Waals surface area contributed by atoms with E-state index in [0.29, 0.717) is 12.2 Å². The molecule has 32 heavy (non-hydrogen) atoms. The zero-order valence-electron chi connectivity index (χ0n) is 18.4. The number of carbonyl (C=O) groups excluding carboxylic acids is 1. The van der Waals surface area contributed by atoms with Gasteiger partial charge in [-0.05, 0) is 36.7 Å². The van der Waals surface area contributed by atoms with Crippen LogP contribution in [0.4, 0.5) is 4.79 Å². The summed E-state index contributed by atoms with van der Waals surface area (Å²) < 4.78 is 5.24. The van der Waals surface area contributed by atoms with Crippen LogP contribution in [0.5, 0.6) is 5.75 Å².